The fourth-order valence-electron chi connectivity index (χ4n) is 7.71. The van der Waals surface area contributed by atoms with Crippen molar-refractivity contribution in [1.82, 2.24) is 0 Å². The van der Waals surface area contributed by atoms with E-state index < -0.39 is 79.4 Å². The van der Waals surface area contributed by atoms with Crippen LogP contribution in [-0.2, 0) is 59.8 Å². The number of hydrogen-bond acceptors (Lipinski definition) is 13. The fraction of sp³-hybridized carbons (Fsp3) is 0.405. The molecule has 8 rings (SSSR count). The highest BCUT2D eigenvalue weighted by Crippen LogP contribution is 2.46. The van der Waals surface area contributed by atoms with E-state index in [9.17, 15) is 15.4 Å². The van der Waals surface area contributed by atoms with Gasteiger partial charge in [-0.3, -0.25) is 4.79 Å². The first kappa shape index (κ1) is 38.9. The second-order valence-electron chi connectivity index (χ2n) is 14.1. The summed E-state index contributed by atoms with van der Waals surface area (Å²) in [6.45, 7) is 1.45. The first-order valence-corrected chi connectivity index (χ1v) is 18.7. The van der Waals surface area contributed by atoms with Crippen LogP contribution in [0.1, 0.15) is 41.8 Å². The van der Waals surface area contributed by atoms with Crippen molar-refractivity contribution in [3.63, 3.8) is 0 Å². The van der Waals surface area contributed by atoms with Gasteiger partial charge in [-0.05, 0) is 35.4 Å². The van der Waals surface area contributed by atoms with Gasteiger partial charge in [0.15, 0.2) is 25.0 Å². The third-order valence-corrected chi connectivity index (χ3v) is 10.4. The van der Waals surface area contributed by atoms with E-state index >= 15 is 0 Å². The summed E-state index contributed by atoms with van der Waals surface area (Å²) >= 11 is 0. The van der Waals surface area contributed by atoms with E-state index in [1.165, 1.54) is 14.0 Å². The van der Waals surface area contributed by atoms with Crippen molar-refractivity contribution in [2.75, 3.05) is 20.3 Å². The number of esters is 1. The number of ether oxygens (including phenoxy) is 10. The van der Waals surface area contributed by atoms with E-state index in [2.05, 4.69) is 10.0 Å². The summed E-state index contributed by atoms with van der Waals surface area (Å²) in [7, 11) is 1.52. The van der Waals surface area contributed by atoms with Gasteiger partial charge in [-0.1, -0.05) is 96.1 Å². The van der Waals surface area contributed by atoms with Crippen molar-refractivity contribution >= 4 is 5.97 Å². The maximum atomic E-state index is 12.9. The molecule has 4 saturated heterocycles. The van der Waals surface area contributed by atoms with Crippen LogP contribution in [0.15, 0.2) is 120 Å². The average Bonchev–Trinajstić information content (AvgIpc) is 3.25. The Labute approximate surface area is 328 Å². The number of nitrogens with zero attached hydrogens (tertiary/aromatic N) is 3. The lowest BCUT2D eigenvalue weighted by Gasteiger charge is -2.54. The lowest BCUT2D eigenvalue weighted by molar-refractivity contribution is -0.410. The molecule has 4 aliphatic rings. The molecule has 0 radical (unpaired) electrons. The van der Waals surface area contributed by atoms with Crippen LogP contribution in [-0.4, -0.2) is 86.5 Å². The van der Waals surface area contributed by atoms with Crippen LogP contribution in [0.3, 0.4) is 0 Å². The summed E-state index contributed by atoms with van der Waals surface area (Å²) in [4.78, 5) is 16.0. The van der Waals surface area contributed by atoms with Gasteiger partial charge in [-0.15, -0.1) is 0 Å². The number of carbonyl (C=O) groups is 1. The summed E-state index contributed by atoms with van der Waals surface area (Å²) in [5.74, 6) is -2.36. The van der Waals surface area contributed by atoms with Gasteiger partial charge in [0.1, 0.15) is 48.4 Å². The fourth-order valence-corrected chi connectivity index (χ4v) is 7.71. The molecule has 2 unspecified atom stereocenters. The van der Waals surface area contributed by atoms with Gasteiger partial charge in [-0.25, -0.2) is 0 Å². The third-order valence-electron chi connectivity index (χ3n) is 10.4. The van der Waals surface area contributed by atoms with Gasteiger partial charge < -0.3 is 52.5 Å². The van der Waals surface area contributed by atoms with Gasteiger partial charge in [0.2, 0.25) is 5.79 Å². The lowest BCUT2D eigenvalue weighted by Crippen LogP contribution is -2.69. The predicted octanol–water partition coefficient (Wildman–Crippen LogP) is 5.77. The number of carbonyl (C=O) groups excluding carboxylic acids is 1. The molecule has 4 aromatic rings. The summed E-state index contributed by atoms with van der Waals surface area (Å²) in [6, 6.07) is 33.3. The van der Waals surface area contributed by atoms with E-state index in [4.69, 9.17) is 47.4 Å². The Hall–Kier alpha value is -4.90. The van der Waals surface area contributed by atoms with Crippen LogP contribution in [0.25, 0.3) is 10.4 Å². The highest BCUT2D eigenvalue weighted by Gasteiger charge is 2.61. The molecule has 4 heterocycles. The molecule has 0 amide bonds. The molecule has 0 aromatic heterocycles. The molecule has 1 N–H and O–H groups in total. The smallest absolute Gasteiger partial charge is 0.303 e. The van der Waals surface area contributed by atoms with E-state index in [0.29, 0.717) is 5.75 Å². The van der Waals surface area contributed by atoms with Gasteiger partial charge in [0, 0.05) is 28.5 Å². The second-order valence-corrected chi connectivity index (χ2v) is 14.1. The quantitative estimate of drug-likeness (QED) is 0.0842. The Morgan fingerprint density at radius 1 is 0.789 bits per heavy atom. The Morgan fingerprint density at radius 3 is 1.95 bits per heavy atom. The minimum absolute atomic E-state index is 0.0273. The zero-order valence-electron chi connectivity index (χ0n) is 31.2. The number of rotatable bonds is 11. The molecule has 0 aliphatic carbocycles. The molecular formula is C42H43N3O12. The third kappa shape index (κ3) is 8.26. The molecular weight excluding hydrogens is 738 g/mol. The number of fused-ring (bicyclic) bond motifs is 2. The summed E-state index contributed by atoms with van der Waals surface area (Å²) in [5, 5.41) is 16.6. The predicted molar refractivity (Wildman–Crippen MR) is 199 cm³/mol. The number of azide groups is 1. The molecule has 57 heavy (non-hydrogen) atoms. The van der Waals surface area contributed by atoms with Crippen molar-refractivity contribution in [1.29, 1.82) is 0 Å². The van der Waals surface area contributed by atoms with E-state index in [1.807, 2.05) is 91.0 Å². The molecule has 4 aliphatic heterocycles. The normalized spacial score (nSPS) is 33.5. The highest BCUT2D eigenvalue weighted by atomic mass is 16.8. The van der Waals surface area contributed by atoms with Crippen LogP contribution in [0.2, 0.25) is 0 Å². The lowest BCUT2D eigenvalue weighted by atomic mass is 9.85. The number of methoxy groups -OCH3 is 1. The SMILES string of the molecule is COc1ccc([C@]2(O)O[C@@H]3COC(c4ccccc4)O[C@H]3[C@H](O[C@H]3O[C@@H]4COC(c5ccccc5)O[C@@H]4[C@H](OCc4ccccc4)[C@H]3OC(C)=O)[C@H]2N=[N+]=[N-])cc1. The highest BCUT2D eigenvalue weighted by molar-refractivity contribution is 5.66. The topological polar surface area (TPSA) is 178 Å². The molecule has 12 atom stereocenters. The first-order valence-electron chi connectivity index (χ1n) is 18.7. The number of aliphatic hydroxyl groups is 1. The molecule has 0 bridgehead atoms. The molecule has 4 aromatic carbocycles. The van der Waals surface area contributed by atoms with Crippen LogP contribution in [0.4, 0.5) is 0 Å². The van der Waals surface area contributed by atoms with Crippen molar-refractivity contribution in [3.8, 4) is 5.75 Å². The molecule has 15 heteroatoms. The second kappa shape index (κ2) is 17.3. The molecule has 4 fully saturated rings. The van der Waals surface area contributed by atoms with Crippen LogP contribution in [0, 0.1) is 0 Å². The zero-order valence-corrected chi connectivity index (χ0v) is 31.2. The van der Waals surface area contributed by atoms with Gasteiger partial charge in [0.05, 0.1) is 26.9 Å². The molecule has 298 valence electrons. The maximum Gasteiger partial charge on any atom is 0.303 e. The van der Waals surface area contributed by atoms with Crippen LogP contribution in [0.5, 0.6) is 5.75 Å². The van der Waals surface area contributed by atoms with E-state index in [0.717, 1.165) is 16.7 Å². The molecule has 0 spiro atoms. The minimum Gasteiger partial charge on any atom is -0.497 e. The number of hydrogen-bond donors (Lipinski definition) is 1. The van der Waals surface area contributed by atoms with Crippen molar-refractivity contribution in [2.45, 2.75) is 87.0 Å². The summed E-state index contributed by atoms with van der Waals surface area (Å²) in [5.41, 5.74) is 12.6. The Morgan fingerprint density at radius 2 is 1.37 bits per heavy atom. The summed E-state index contributed by atoms with van der Waals surface area (Å²) in [6.07, 6.45) is -9.95. The Kier molecular flexibility index (Phi) is 11.8. The van der Waals surface area contributed by atoms with Crippen LogP contribution < -0.4 is 4.74 Å². The zero-order chi connectivity index (χ0) is 39.4. The number of benzene rings is 4. The van der Waals surface area contributed by atoms with Gasteiger partial charge >= 0.3 is 5.97 Å². The standard InChI is InChI=1S/C42H43N3O12/c1-25(46)52-37-35(49-22-26-12-6-3-7-13-26)33-31(23-50-39(54-33)27-14-8-4-9-15-27)53-41(37)56-36-34-32(24-51-40(55-34)28-16-10-5-11-17-28)57-42(47,38(36)44-45-43)29-18-20-30(48-2)21-19-29/h3-21,31-41,47H,22-24H2,1-2H3/t31-,32-,33+,34-,35+,36+,37-,38-,39?,40?,41-,42+/m1/s1. The maximum absolute atomic E-state index is 12.9. The van der Waals surface area contributed by atoms with E-state index in [1.54, 1.807) is 24.3 Å². The van der Waals surface area contributed by atoms with Crippen LogP contribution >= 0.6 is 0 Å². The minimum atomic E-state index is -2.26. The van der Waals surface area contributed by atoms with E-state index in [-0.39, 0.29) is 25.4 Å². The van der Waals surface area contributed by atoms with Crippen molar-refractivity contribution in [2.24, 2.45) is 5.11 Å². The average molecular weight is 782 g/mol. The molecule has 0 saturated carbocycles. The Balaban J connectivity index is 1.17. The van der Waals surface area contributed by atoms with Crippen molar-refractivity contribution in [3.05, 3.63) is 148 Å². The Bertz CT molecular complexity index is 1990. The molecule has 15 nitrogen and oxygen atoms in total. The summed E-state index contributed by atoms with van der Waals surface area (Å²) < 4.78 is 63.2. The van der Waals surface area contributed by atoms with Gasteiger partial charge in [0.25, 0.3) is 0 Å². The monoisotopic (exact) mass is 781 g/mol. The van der Waals surface area contributed by atoms with Crippen molar-refractivity contribution < 1.29 is 57.3 Å². The first-order chi connectivity index (χ1) is 27.8. The van der Waals surface area contributed by atoms with Gasteiger partial charge in [-0.2, -0.15) is 0 Å². The largest absolute Gasteiger partial charge is 0.497 e.